The average molecular weight is 308 g/mol. The van der Waals surface area contributed by atoms with Crippen LogP contribution in [0.3, 0.4) is 0 Å². The van der Waals surface area contributed by atoms with Crippen molar-refractivity contribution in [3.05, 3.63) is 35.6 Å². The molecule has 0 spiro atoms. The average Bonchev–Trinajstić information content (AvgIpc) is 2.95. The van der Waals surface area contributed by atoms with Gasteiger partial charge in [0.1, 0.15) is 5.82 Å². The van der Waals surface area contributed by atoms with Gasteiger partial charge in [-0.15, -0.1) is 0 Å². The first-order chi connectivity index (χ1) is 10.4. The molecule has 0 aromatic heterocycles. The number of methoxy groups -OCH3 is 1. The van der Waals surface area contributed by atoms with Gasteiger partial charge in [0, 0.05) is 24.7 Å². The number of rotatable bonds is 3. The maximum Gasteiger partial charge on any atom is 0.409 e. The fourth-order valence-electron chi connectivity index (χ4n) is 2.63. The molecule has 0 bridgehead atoms. The Bertz CT molecular complexity index is 574. The molecule has 1 atom stereocenters. The van der Waals surface area contributed by atoms with Crippen LogP contribution in [0.25, 0.3) is 0 Å². The van der Waals surface area contributed by atoms with Crippen LogP contribution in [0.15, 0.2) is 24.3 Å². The second-order valence-electron chi connectivity index (χ2n) is 5.98. The van der Waals surface area contributed by atoms with Crippen molar-refractivity contribution in [1.29, 1.82) is 0 Å². The van der Waals surface area contributed by atoms with Crippen LogP contribution in [-0.2, 0) is 14.9 Å². The van der Waals surface area contributed by atoms with Crippen molar-refractivity contribution in [2.24, 2.45) is 0 Å². The van der Waals surface area contributed by atoms with Crippen molar-refractivity contribution in [2.45, 2.75) is 31.7 Å². The minimum Gasteiger partial charge on any atom is -0.453 e. The summed E-state index contributed by atoms with van der Waals surface area (Å²) < 4.78 is 18.6. The zero-order chi connectivity index (χ0) is 16.3. The molecule has 1 unspecified atom stereocenters. The van der Waals surface area contributed by atoms with Crippen LogP contribution in [-0.4, -0.2) is 43.1 Å². The molecule has 1 aliphatic heterocycles. The summed E-state index contributed by atoms with van der Waals surface area (Å²) in [5, 5.41) is 2.90. The molecule has 2 amide bonds. The Balaban J connectivity index is 2.03. The SMILES string of the molecule is COC(=O)N1CCC(NC(=O)C(C)(C)c2ccccc2F)C1. The summed E-state index contributed by atoms with van der Waals surface area (Å²) in [6, 6.07) is 6.13. The molecule has 1 heterocycles. The lowest BCUT2D eigenvalue weighted by molar-refractivity contribution is -0.126. The molecular formula is C16H21FN2O3. The van der Waals surface area contributed by atoms with E-state index in [4.69, 9.17) is 0 Å². The molecule has 1 fully saturated rings. The number of nitrogens with one attached hydrogen (secondary N) is 1. The summed E-state index contributed by atoms with van der Waals surface area (Å²) in [6.07, 6.45) is 0.263. The van der Waals surface area contributed by atoms with E-state index < -0.39 is 17.3 Å². The van der Waals surface area contributed by atoms with Gasteiger partial charge in [0.2, 0.25) is 5.91 Å². The third kappa shape index (κ3) is 3.21. The Hall–Kier alpha value is -2.11. The summed E-state index contributed by atoms with van der Waals surface area (Å²) in [5.41, 5.74) is -0.625. The topological polar surface area (TPSA) is 58.6 Å². The van der Waals surface area contributed by atoms with Crippen LogP contribution in [0.2, 0.25) is 0 Å². The standard InChI is InChI=1S/C16H21FN2O3/c1-16(2,12-6-4-5-7-13(12)17)14(20)18-11-8-9-19(10-11)15(21)22-3/h4-7,11H,8-10H2,1-3H3,(H,18,20). The van der Waals surface area contributed by atoms with E-state index in [1.54, 1.807) is 36.9 Å². The first kappa shape index (κ1) is 16.3. The lowest BCUT2D eigenvalue weighted by Crippen LogP contribution is -2.46. The Morgan fingerprint density at radius 1 is 1.36 bits per heavy atom. The van der Waals surface area contributed by atoms with Gasteiger partial charge in [-0.2, -0.15) is 0 Å². The van der Waals surface area contributed by atoms with Crippen LogP contribution in [0, 0.1) is 5.82 Å². The van der Waals surface area contributed by atoms with Gasteiger partial charge in [0.15, 0.2) is 0 Å². The number of carbonyl (C=O) groups excluding carboxylic acids is 2. The van der Waals surface area contributed by atoms with Gasteiger partial charge in [-0.1, -0.05) is 18.2 Å². The van der Waals surface area contributed by atoms with E-state index in [0.717, 1.165) is 0 Å². The molecule has 0 saturated carbocycles. The predicted molar refractivity (Wildman–Crippen MR) is 80.0 cm³/mol. The van der Waals surface area contributed by atoms with Gasteiger partial charge >= 0.3 is 6.09 Å². The Morgan fingerprint density at radius 3 is 2.68 bits per heavy atom. The summed E-state index contributed by atoms with van der Waals surface area (Å²) in [7, 11) is 1.33. The van der Waals surface area contributed by atoms with Gasteiger partial charge in [0.25, 0.3) is 0 Å². The van der Waals surface area contributed by atoms with Gasteiger partial charge in [0.05, 0.1) is 12.5 Å². The third-order valence-corrected chi connectivity index (χ3v) is 4.07. The number of amides is 2. The molecule has 120 valence electrons. The van der Waals surface area contributed by atoms with E-state index in [1.807, 2.05) is 0 Å². The molecule has 2 rings (SSSR count). The van der Waals surface area contributed by atoms with Crippen molar-refractivity contribution in [2.75, 3.05) is 20.2 Å². The van der Waals surface area contributed by atoms with Crippen molar-refractivity contribution in [1.82, 2.24) is 10.2 Å². The number of ether oxygens (including phenoxy) is 1. The number of halogens is 1. The molecule has 1 aromatic rings. The number of carbonyl (C=O) groups is 2. The number of nitrogens with zero attached hydrogens (tertiary/aromatic N) is 1. The fraction of sp³-hybridized carbons (Fsp3) is 0.500. The molecule has 1 aromatic carbocycles. The van der Waals surface area contributed by atoms with Crippen molar-refractivity contribution in [3.8, 4) is 0 Å². The van der Waals surface area contributed by atoms with E-state index in [0.29, 0.717) is 25.1 Å². The molecular weight excluding hydrogens is 287 g/mol. The molecule has 0 radical (unpaired) electrons. The summed E-state index contributed by atoms with van der Waals surface area (Å²) in [5.74, 6) is -0.653. The van der Waals surface area contributed by atoms with Crippen LogP contribution in [0.5, 0.6) is 0 Å². The predicted octanol–water partition coefficient (Wildman–Crippen LogP) is 2.06. The first-order valence-electron chi connectivity index (χ1n) is 7.25. The van der Waals surface area contributed by atoms with Crippen molar-refractivity contribution < 1.29 is 18.7 Å². The zero-order valence-corrected chi connectivity index (χ0v) is 13.1. The maximum atomic E-state index is 13.9. The van der Waals surface area contributed by atoms with E-state index in [1.165, 1.54) is 13.2 Å². The summed E-state index contributed by atoms with van der Waals surface area (Å²) >= 11 is 0. The van der Waals surface area contributed by atoms with E-state index in [2.05, 4.69) is 10.1 Å². The molecule has 1 saturated heterocycles. The minimum absolute atomic E-state index is 0.141. The highest BCUT2D eigenvalue weighted by Crippen LogP contribution is 2.26. The number of hydrogen-bond acceptors (Lipinski definition) is 3. The monoisotopic (exact) mass is 308 g/mol. The Kier molecular flexibility index (Phi) is 4.68. The van der Waals surface area contributed by atoms with Crippen LogP contribution in [0.4, 0.5) is 9.18 Å². The second-order valence-corrected chi connectivity index (χ2v) is 5.98. The number of hydrogen-bond donors (Lipinski definition) is 1. The molecule has 0 aliphatic carbocycles. The van der Waals surface area contributed by atoms with Gasteiger partial charge in [-0.05, 0) is 26.3 Å². The lowest BCUT2D eigenvalue weighted by Gasteiger charge is -2.26. The molecule has 1 aliphatic rings. The van der Waals surface area contributed by atoms with Gasteiger partial charge in [-0.3, -0.25) is 4.79 Å². The largest absolute Gasteiger partial charge is 0.453 e. The first-order valence-corrected chi connectivity index (χ1v) is 7.25. The van der Waals surface area contributed by atoms with Crippen LogP contribution >= 0.6 is 0 Å². The number of likely N-dealkylation sites (tertiary alicyclic amines) is 1. The lowest BCUT2D eigenvalue weighted by atomic mass is 9.83. The highest BCUT2D eigenvalue weighted by Gasteiger charge is 2.35. The van der Waals surface area contributed by atoms with Gasteiger partial charge < -0.3 is 15.0 Å². The normalized spacial score (nSPS) is 18.2. The Labute approximate surface area is 129 Å². The molecule has 6 heteroatoms. The third-order valence-electron chi connectivity index (χ3n) is 4.07. The zero-order valence-electron chi connectivity index (χ0n) is 13.1. The maximum absolute atomic E-state index is 13.9. The fourth-order valence-corrected chi connectivity index (χ4v) is 2.63. The van der Waals surface area contributed by atoms with E-state index >= 15 is 0 Å². The molecule has 1 N–H and O–H groups in total. The number of benzene rings is 1. The highest BCUT2D eigenvalue weighted by atomic mass is 19.1. The van der Waals surface area contributed by atoms with Crippen molar-refractivity contribution in [3.63, 3.8) is 0 Å². The van der Waals surface area contributed by atoms with E-state index in [-0.39, 0.29) is 11.9 Å². The quantitative estimate of drug-likeness (QED) is 0.930. The van der Waals surface area contributed by atoms with Crippen LogP contribution < -0.4 is 5.32 Å². The van der Waals surface area contributed by atoms with E-state index in [9.17, 15) is 14.0 Å². The van der Waals surface area contributed by atoms with Crippen LogP contribution in [0.1, 0.15) is 25.8 Å². The second kappa shape index (κ2) is 6.34. The Morgan fingerprint density at radius 2 is 2.05 bits per heavy atom. The summed E-state index contributed by atoms with van der Waals surface area (Å²) in [4.78, 5) is 25.5. The molecule has 22 heavy (non-hydrogen) atoms. The summed E-state index contributed by atoms with van der Waals surface area (Å²) in [6.45, 7) is 4.32. The van der Waals surface area contributed by atoms with Crippen molar-refractivity contribution >= 4 is 12.0 Å². The van der Waals surface area contributed by atoms with Gasteiger partial charge in [-0.25, -0.2) is 9.18 Å². The smallest absolute Gasteiger partial charge is 0.409 e. The highest BCUT2D eigenvalue weighted by molar-refractivity contribution is 5.87. The molecule has 5 nitrogen and oxygen atoms in total. The minimum atomic E-state index is -0.982.